The van der Waals surface area contributed by atoms with Crippen LogP contribution in [0.5, 0.6) is 5.75 Å². The Hall–Kier alpha value is -1.02. The van der Waals surface area contributed by atoms with Gasteiger partial charge in [0.25, 0.3) is 0 Å². The van der Waals surface area contributed by atoms with Crippen molar-refractivity contribution < 1.29 is 5.11 Å². The topological polar surface area (TPSA) is 32.3 Å². The molecule has 3 aliphatic carbocycles. The summed E-state index contributed by atoms with van der Waals surface area (Å²) in [6, 6.07) is 6.40. The Labute approximate surface area is 115 Å². The van der Waals surface area contributed by atoms with Crippen LogP contribution in [-0.2, 0) is 6.42 Å². The quantitative estimate of drug-likeness (QED) is 0.869. The van der Waals surface area contributed by atoms with Crippen LogP contribution in [0.3, 0.4) is 0 Å². The molecule has 1 aromatic carbocycles. The second-order valence-corrected chi connectivity index (χ2v) is 6.82. The van der Waals surface area contributed by atoms with E-state index in [-0.39, 0.29) is 0 Å². The third kappa shape index (κ3) is 2.06. The summed E-state index contributed by atoms with van der Waals surface area (Å²) in [5.74, 6) is 3.40. The van der Waals surface area contributed by atoms with E-state index in [1.807, 2.05) is 12.1 Å². The molecular formula is C17H23NO. The molecule has 19 heavy (non-hydrogen) atoms. The first-order valence-electron chi connectivity index (χ1n) is 7.85. The van der Waals surface area contributed by atoms with Gasteiger partial charge in [0.1, 0.15) is 5.75 Å². The van der Waals surface area contributed by atoms with E-state index >= 15 is 0 Å². The van der Waals surface area contributed by atoms with Crippen molar-refractivity contribution in [2.45, 2.75) is 44.6 Å². The molecule has 0 spiro atoms. The normalized spacial score (nSPS) is 35.8. The number of phenols is 1. The van der Waals surface area contributed by atoms with E-state index in [4.69, 9.17) is 0 Å². The Morgan fingerprint density at radius 2 is 2.11 bits per heavy atom. The zero-order valence-corrected chi connectivity index (χ0v) is 11.4. The van der Waals surface area contributed by atoms with Crippen LogP contribution >= 0.6 is 0 Å². The van der Waals surface area contributed by atoms with Crippen LogP contribution in [0.25, 0.3) is 0 Å². The van der Waals surface area contributed by atoms with Crippen LogP contribution in [0.2, 0.25) is 0 Å². The first kappa shape index (κ1) is 11.8. The zero-order valence-electron chi connectivity index (χ0n) is 11.4. The van der Waals surface area contributed by atoms with Gasteiger partial charge in [0.05, 0.1) is 0 Å². The maximum absolute atomic E-state index is 9.54. The highest BCUT2D eigenvalue weighted by molar-refractivity contribution is 5.40. The van der Waals surface area contributed by atoms with Crippen LogP contribution in [0.4, 0.5) is 0 Å². The zero-order chi connectivity index (χ0) is 12.8. The van der Waals surface area contributed by atoms with Gasteiger partial charge in [-0.1, -0.05) is 12.5 Å². The summed E-state index contributed by atoms with van der Waals surface area (Å²) >= 11 is 0. The molecule has 0 aliphatic heterocycles. The smallest absolute Gasteiger partial charge is 0.115 e. The number of benzene rings is 1. The van der Waals surface area contributed by atoms with E-state index in [0.29, 0.717) is 11.8 Å². The van der Waals surface area contributed by atoms with Crippen molar-refractivity contribution in [3.05, 3.63) is 29.3 Å². The fourth-order valence-corrected chi connectivity index (χ4v) is 4.74. The van der Waals surface area contributed by atoms with Gasteiger partial charge in [-0.2, -0.15) is 0 Å². The van der Waals surface area contributed by atoms with Gasteiger partial charge in [0.2, 0.25) is 0 Å². The van der Waals surface area contributed by atoms with Gasteiger partial charge >= 0.3 is 0 Å². The fraction of sp³-hybridized carbons (Fsp3) is 0.647. The Balaban J connectivity index is 1.40. The predicted molar refractivity (Wildman–Crippen MR) is 76.1 cm³/mol. The molecule has 2 heteroatoms. The van der Waals surface area contributed by atoms with Gasteiger partial charge in [0, 0.05) is 6.04 Å². The van der Waals surface area contributed by atoms with Crippen molar-refractivity contribution in [2.75, 3.05) is 6.54 Å². The van der Waals surface area contributed by atoms with E-state index < -0.39 is 0 Å². The fourth-order valence-electron chi connectivity index (χ4n) is 4.74. The van der Waals surface area contributed by atoms with Crippen LogP contribution in [0.1, 0.15) is 49.3 Å². The molecule has 4 rings (SSSR count). The second-order valence-electron chi connectivity index (χ2n) is 6.82. The largest absolute Gasteiger partial charge is 0.508 e. The summed E-state index contributed by atoms with van der Waals surface area (Å²) in [6.45, 7) is 1.20. The highest BCUT2D eigenvalue weighted by Gasteiger charge is 2.39. The highest BCUT2D eigenvalue weighted by atomic mass is 16.3. The standard InChI is InChI=1S/C17H23NO/c19-15-4-5-16-13(9-15)3-6-17(16)18-10-14-8-11-1-2-12(14)7-11/h4-5,9,11-12,14,17-19H,1-3,6-8,10H2. The Morgan fingerprint density at radius 3 is 2.89 bits per heavy atom. The molecule has 4 unspecified atom stereocenters. The molecule has 3 aliphatic rings. The Bertz CT molecular complexity index is 484. The molecule has 1 aromatic rings. The summed E-state index contributed by atoms with van der Waals surface area (Å²) in [5, 5.41) is 13.3. The van der Waals surface area contributed by atoms with E-state index in [9.17, 15) is 5.11 Å². The van der Waals surface area contributed by atoms with Crippen LogP contribution in [-0.4, -0.2) is 11.7 Å². The lowest BCUT2D eigenvalue weighted by Gasteiger charge is -2.24. The lowest BCUT2D eigenvalue weighted by Crippen LogP contribution is -2.29. The number of aryl methyl sites for hydroxylation is 1. The first-order valence-corrected chi connectivity index (χ1v) is 7.85. The van der Waals surface area contributed by atoms with Crippen molar-refractivity contribution >= 4 is 0 Å². The van der Waals surface area contributed by atoms with Gasteiger partial charge < -0.3 is 10.4 Å². The molecule has 2 nitrogen and oxygen atoms in total. The van der Waals surface area contributed by atoms with Crippen LogP contribution in [0.15, 0.2) is 18.2 Å². The highest BCUT2D eigenvalue weighted by Crippen LogP contribution is 2.48. The van der Waals surface area contributed by atoms with Crippen LogP contribution < -0.4 is 5.32 Å². The molecule has 4 atom stereocenters. The molecule has 0 aromatic heterocycles. The Kier molecular flexibility index (Phi) is 2.80. The van der Waals surface area contributed by atoms with E-state index in [1.165, 1.54) is 49.8 Å². The van der Waals surface area contributed by atoms with Gasteiger partial charge in [0.15, 0.2) is 0 Å². The van der Waals surface area contributed by atoms with E-state index in [0.717, 1.165) is 24.2 Å². The minimum absolute atomic E-state index is 0.410. The minimum atomic E-state index is 0.410. The number of aromatic hydroxyl groups is 1. The number of rotatable bonds is 3. The summed E-state index contributed by atoms with van der Waals surface area (Å²) in [5.41, 5.74) is 2.76. The van der Waals surface area contributed by atoms with Crippen LogP contribution in [0, 0.1) is 17.8 Å². The average molecular weight is 257 g/mol. The van der Waals surface area contributed by atoms with Gasteiger partial charge in [-0.15, -0.1) is 0 Å². The van der Waals surface area contributed by atoms with Gasteiger partial charge in [-0.3, -0.25) is 0 Å². The first-order chi connectivity index (χ1) is 9.29. The number of phenolic OH excluding ortho intramolecular Hbond substituents is 1. The number of fused-ring (bicyclic) bond motifs is 3. The molecule has 0 amide bonds. The average Bonchev–Trinajstić information content (AvgIpc) is 3.10. The third-order valence-electron chi connectivity index (χ3n) is 5.72. The molecular weight excluding hydrogens is 234 g/mol. The van der Waals surface area contributed by atoms with Crippen molar-refractivity contribution in [3.63, 3.8) is 0 Å². The molecule has 2 fully saturated rings. The number of nitrogens with one attached hydrogen (secondary N) is 1. The lowest BCUT2D eigenvalue weighted by atomic mass is 9.88. The maximum atomic E-state index is 9.54. The van der Waals surface area contributed by atoms with Gasteiger partial charge in [-0.25, -0.2) is 0 Å². The lowest BCUT2D eigenvalue weighted by molar-refractivity contribution is 0.306. The molecule has 0 heterocycles. The minimum Gasteiger partial charge on any atom is -0.508 e. The number of hydrogen-bond acceptors (Lipinski definition) is 2. The SMILES string of the molecule is Oc1ccc2c(c1)CCC2NCC1CC2CCC1C2. The van der Waals surface area contributed by atoms with Gasteiger partial charge in [-0.05, 0) is 79.7 Å². The third-order valence-corrected chi connectivity index (χ3v) is 5.72. The molecule has 2 N–H and O–H groups in total. The van der Waals surface area contributed by atoms with Crippen molar-refractivity contribution in [1.29, 1.82) is 0 Å². The predicted octanol–water partition coefficient (Wildman–Crippen LogP) is 3.41. The summed E-state index contributed by atoms with van der Waals surface area (Å²) in [7, 11) is 0. The molecule has 102 valence electrons. The summed E-state index contributed by atoms with van der Waals surface area (Å²) < 4.78 is 0. The second kappa shape index (κ2) is 4.52. The van der Waals surface area contributed by atoms with E-state index in [1.54, 1.807) is 0 Å². The Morgan fingerprint density at radius 1 is 1.16 bits per heavy atom. The maximum Gasteiger partial charge on any atom is 0.115 e. The number of hydrogen-bond donors (Lipinski definition) is 2. The monoisotopic (exact) mass is 257 g/mol. The van der Waals surface area contributed by atoms with Crippen molar-refractivity contribution in [3.8, 4) is 5.75 Å². The summed E-state index contributed by atoms with van der Waals surface area (Å²) in [6.07, 6.45) is 8.24. The van der Waals surface area contributed by atoms with E-state index in [2.05, 4.69) is 11.4 Å². The molecule has 2 saturated carbocycles. The van der Waals surface area contributed by atoms with Crippen molar-refractivity contribution in [1.82, 2.24) is 5.32 Å². The van der Waals surface area contributed by atoms with Crippen molar-refractivity contribution in [2.24, 2.45) is 17.8 Å². The molecule has 0 saturated heterocycles. The molecule has 0 radical (unpaired) electrons. The summed E-state index contributed by atoms with van der Waals surface area (Å²) in [4.78, 5) is 0. The molecule has 2 bridgehead atoms.